The second kappa shape index (κ2) is 10.1. The summed E-state index contributed by atoms with van der Waals surface area (Å²) < 4.78 is 41.4. The summed E-state index contributed by atoms with van der Waals surface area (Å²) in [5.41, 5.74) is 5.95. The Morgan fingerprint density at radius 1 is 0.750 bits per heavy atom. The Balaban J connectivity index is 1.38. The summed E-state index contributed by atoms with van der Waals surface area (Å²) in [4.78, 5) is 12.6. The summed E-state index contributed by atoms with van der Waals surface area (Å²) in [5.74, 6) is -1.75. The molecule has 4 aromatic carbocycles. The fraction of sp³-hybridized carbons (Fsp3) is 0.0645. The van der Waals surface area contributed by atoms with E-state index in [0.717, 1.165) is 33.9 Å². The molecule has 4 aromatic rings. The third-order valence-electron chi connectivity index (χ3n) is 6.13. The molecule has 0 unspecified atom stereocenters. The molecular weight excluding hydrogens is 459 g/mol. The molecule has 1 amide bonds. The fourth-order valence-electron chi connectivity index (χ4n) is 4.34. The van der Waals surface area contributed by atoms with Crippen LogP contribution in [-0.2, 0) is 11.3 Å². The quantitative estimate of drug-likeness (QED) is 0.305. The highest BCUT2D eigenvalue weighted by molar-refractivity contribution is 6.05. The summed E-state index contributed by atoms with van der Waals surface area (Å²) in [6.45, 7) is 0.423. The van der Waals surface area contributed by atoms with E-state index in [1.807, 2.05) is 54.6 Å². The summed E-state index contributed by atoms with van der Waals surface area (Å²) in [7, 11) is 0. The number of rotatable bonds is 6. The molecule has 0 aromatic heterocycles. The normalized spacial score (nSPS) is 13.4. The minimum atomic E-state index is -0.620. The fourth-order valence-corrected chi connectivity index (χ4v) is 4.34. The van der Waals surface area contributed by atoms with Crippen molar-refractivity contribution in [3.8, 4) is 11.1 Å². The minimum absolute atomic E-state index is 0.128. The Bertz CT molecular complexity index is 1490. The van der Waals surface area contributed by atoms with Gasteiger partial charge in [0.2, 0.25) is 5.91 Å². The molecule has 1 aliphatic rings. The van der Waals surface area contributed by atoms with E-state index < -0.39 is 11.6 Å². The lowest BCUT2D eigenvalue weighted by Gasteiger charge is -2.08. The average molecular weight is 482 g/mol. The van der Waals surface area contributed by atoms with E-state index in [2.05, 4.69) is 5.32 Å². The lowest BCUT2D eigenvalue weighted by atomic mass is 10.00. The Kier molecular flexibility index (Phi) is 6.54. The number of fused-ring (bicyclic) bond motifs is 1. The molecule has 0 aliphatic heterocycles. The first-order valence-electron chi connectivity index (χ1n) is 11.5. The number of hydrogen-bond acceptors (Lipinski definition) is 1. The van der Waals surface area contributed by atoms with Crippen LogP contribution >= 0.6 is 0 Å². The molecule has 0 saturated carbocycles. The minimum Gasteiger partial charge on any atom is -0.352 e. The van der Waals surface area contributed by atoms with Crippen LogP contribution in [0.2, 0.25) is 0 Å². The second-order valence-electron chi connectivity index (χ2n) is 8.64. The van der Waals surface area contributed by atoms with Gasteiger partial charge in [-0.25, -0.2) is 13.2 Å². The number of halogens is 3. The predicted octanol–water partition coefficient (Wildman–Crippen LogP) is 7.42. The van der Waals surface area contributed by atoms with Gasteiger partial charge in [-0.3, -0.25) is 4.79 Å². The summed E-state index contributed by atoms with van der Waals surface area (Å²) in [6.07, 6.45) is 3.97. The molecule has 1 aliphatic carbocycles. The van der Waals surface area contributed by atoms with Crippen LogP contribution in [0.25, 0.3) is 28.3 Å². The summed E-state index contributed by atoms with van der Waals surface area (Å²) >= 11 is 0. The zero-order chi connectivity index (χ0) is 25.1. The molecule has 0 heterocycles. The van der Waals surface area contributed by atoms with Crippen LogP contribution < -0.4 is 5.32 Å². The van der Waals surface area contributed by atoms with Gasteiger partial charge in [0.15, 0.2) is 0 Å². The van der Waals surface area contributed by atoms with Crippen LogP contribution in [0.4, 0.5) is 13.2 Å². The molecule has 1 N–H and O–H groups in total. The standard InChI is InChI=1S/C31H22F3NO/c32-25-10-12-27-23(14-20-6-8-22(9-7-20)28-13-11-26(33)18-30(28)34)15-24(29(27)17-25)16-31(36)35-19-21-4-2-1-3-5-21/h1-15,17-18H,16,19H2,(H,35,36)/b23-14+. The third-order valence-corrected chi connectivity index (χ3v) is 6.13. The molecule has 0 fully saturated rings. The smallest absolute Gasteiger partial charge is 0.224 e. The van der Waals surface area contributed by atoms with Crippen LogP contribution in [0.5, 0.6) is 0 Å². The van der Waals surface area contributed by atoms with Crippen LogP contribution in [0.1, 0.15) is 28.7 Å². The van der Waals surface area contributed by atoms with Crippen molar-refractivity contribution in [3.63, 3.8) is 0 Å². The van der Waals surface area contributed by atoms with Gasteiger partial charge >= 0.3 is 0 Å². The van der Waals surface area contributed by atoms with E-state index in [4.69, 9.17) is 0 Å². The molecule has 36 heavy (non-hydrogen) atoms. The maximum atomic E-state index is 14.1. The largest absolute Gasteiger partial charge is 0.352 e. The van der Waals surface area contributed by atoms with Gasteiger partial charge in [0.25, 0.3) is 0 Å². The molecule has 5 rings (SSSR count). The third kappa shape index (κ3) is 5.15. The SMILES string of the molecule is O=C(CC1=C/C(=C\c2ccc(-c3ccc(F)cc3F)cc2)c2ccc(F)cc21)NCc1ccccc1. The van der Waals surface area contributed by atoms with Gasteiger partial charge in [0, 0.05) is 18.2 Å². The first kappa shape index (κ1) is 23.4. The Morgan fingerprint density at radius 2 is 1.44 bits per heavy atom. The highest BCUT2D eigenvalue weighted by Gasteiger charge is 2.21. The molecule has 0 radical (unpaired) electrons. The summed E-state index contributed by atoms with van der Waals surface area (Å²) in [5, 5.41) is 2.92. The van der Waals surface area contributed by atoms with E-state index in [0.29, 0.717) is 23.2 Å². The van der Waals surface area contributed by atoms with Gasteiger partial charge < -0.3 is 5.32 Å². The second-order valence-corrected chi connectivity index (χ2v) is 8.64. The van der Waals surface area contributed by atoms with E-state index in [1.54, 1.807) is 18.2 Å². The predicted molar refractivity (Wildman–Crippen MR) is 137 cm³/mol. The highest BCUT2D eigenvalue weighted by atomic mass is 19.1. The maximum absolute atomic E-state index is 14.1. The van der Waals surface area contributed by atoms with Gasteiger partial charge in [0.05, 0.1) is 6.42 Å². The van der Waals surface area contributed by atoms with Crippen molar-refractivity contribution in [2.75, 3.05) is 0 Å². The molecule has 5 heteroatoms. The van der Waals surface area contributed by atoms with Crippen LogP contribution in [0, 0.1) is 17.5 Å². The summed E-state index contributed by atoms with van der Waals surface area (Å²) in [6, 6.07) is 24.9. The zero-order valence-corrected chi connectivity index (χ0v) is 19.3. The van der Waals surface area contributed by atoms with Crippen molar-refractivity contribution >= 4 is 23.1 Å². The average Bonchev–Trinajstić information content (AvgIpc) is 3.20. The van der Waals surface area contributed by atoms with Gasteiger partial charge in [0.1, 0.15) is 17.5 Å². The molecular formula is C31H22F3NO. The van der Waals surface area contributed by atoms with Crippen LogP contribution in [0.15, 0.2) is 97.1 Å². The van der Waals surface area contributed by atoms with Gasteiger partial charge in [-0.15, -0.1) is 0 Å². The zero-order valence-electron chi connectivity index (χ0n) is 19.3. The molecule has 2 nitrogen and oxygen atoms in total. The van der Waals surface area contributed by atoms with Crippen molar-refractivity contribution in [2.45, 2.75) is 13.0 Å². The van der Waals surface area contributed by atoms with Gasteiger partial charge in [-0.05, 0) is 75.4 Å². The van der Waals surface area contributed by atoms with E-state index in [9.17, 15) is 18.0 Å². The monoisotopic (exact) mass is 481 g/mol. The highest BCUT2D eigenvalue weighted by Crippen LogP contribution is 2.38. The van der Waals surface area contributed by atoms with Gasteiger partial charge in [-0.1, -0.05) is 60.7 Å². The number of carbonyl (C=O) groups excluding carboxylic acids is 1. The van der Waals surface area contributed by atoms with Crippen molar-refractivity contribution in [1.29, 1.82) is 0 Å². The molecule has 0 spiro atoms. The Morgan fingerprint density at radius 3 is 2.17 bits per heavy atom. The van der Waals surface area contributed by atoms with E-state index in [-0.39, 0.29) is 18.1 Å². The van der Waals surface area contributed by atoms with Crippen molar-refractivity contribution < 1.29 is 18.0 Å². The number of amides is 1. The molecule has 178 valence electrons. The number of allylic oxidation sites excluding steroid dienone is 2. The van der Waals surface area contributed by atoms with Crippen molar-refractivity contribution in [3.05, 3.63) is 137 Å². The lowest BCUT2D eigenvalue weighted by Crippen LogP contribution is -2.22. The number of nitrogens with one attached hydrogen (secondary N) is 1. The number of carbonyl (C=O) groups is 1. The topological polar surface area (TPSA) is 29.1 Å². The molecule has 0 atom stereocenters. The van der Waals surface area contributed by atoms with Crippen LogP contribution in [-0.4, -0.2) is 5.91 Å². The van der Waals surface area contributed by atoms with Crippen molar-refractivity contribution in [1.82, 2.24) is 5.32 Å². The first-order chi connectivity index (χ1) is 17.5. The van der Waals surface area contributed by atoms with Crippen LogP contribution in [0.3, 0.4) is 0 Å². The number of benzene rings is 4. The maximum Gasteiger partial charge on any atom is 0.224 e. The van der Waals surface area contributed by atoms with Gasteiger partial charge in [-0.2, -0.15) is 0 Å². The Labute approximate surface area is 207 Å². The van der Waals surface area contributed by atoms with E-state index in [1.165, 1.54) is 24.3 Å². The lowest BCUT2D eigenvalue weighted by molar-refractivity contribution is -0.120. The van der Waals surface area contributed by atoms with E-state index >= 15 is 0 Å². The van der Waals surface area contributed by atoms with Crippen molar-refractivity contribution in [2.24, 2.45) is 0 Å². The number of hydrogen-bond donors (Lipinski definition) is 1. The Hall–Kier alpha value is -4.38. The first-order valence-corrected chi connectivity index (χ1v) is 11.5. The molecule has 0 bridgehead atoms. The molecule has 0 saturated heterocycles.